The van der Waals surface area contributed by atoms with Gasteiger partial charge in [-0.2, -0.15) is 0 Å². The fourth-order valence-electron chi connectivity index (χ4n) is 2.52. The molecule has 6 heteroatoms. The summed E-state index contributed by atoms with van der Waals surface area (Å²) < 4.78 is 25.5. The summed E-state index contributed by atoms with van der Waals surface area (Å²) in [5.41, 5.74) is 7.17. The van der Waals surface area contributed by atoms with Gasteiger partial charge in [-0.1, -0.05) is 0 Å². The second-order valence-corrected chi connectivity index (χ2v) is 6.69. The fraction of sp³-hybridized carbons (Fsp3) is 0.357. The molecule has 3 rings (SSSR count). The molecule has 1 aromatic heterocycles. The van der Waals surface area contributed by atoms with Gasteiger partial charge in [0, 0.05) is 45.6 Å². The number of nitrogen functional groups attached to an aromatic ring is 1. The molecule has 0 unspecified atom stereocenters. The van der Waals surface area contributed by atoms with Gasteiger partial charge >= 0.3 is 0 Å². The lowest BCUT2D eigenvalue weighted by Gasteiger charge is -2.24. The molecule has 2 heterocycles. The van der Waals surface area contributed by atoms with Crippen molar-refractivity contribution in [2.24, 2.45) is 0 Å². The molecule has 3 N–H and O–H groups in total. The zero-order valence-corrected chi connectivity index (χ0v) is 11.8. The average molecular weight is 293 g/mol. The van der Waals surface area contributed by atoms with Crippen LogP contribution in [0, 0.1) is 5.82 Å². The Kier molecular flexibility index (Phi) is 3.56. The molecule has 1 saturated heterocycles. The van der Waals surface area contributed by atoms with Crippen LogP contribution < -0.4 is 11.1 Å². The molecule has 0 bridgehead atoms. The van der Waals surface area contributed by atoms with E-state index < -0.39 is 10.8 Å². The quantitative estimate of drug-likeness (QED) is 0.834. The van der Waals surface area contributed by atoms with E-state index in [1.54, 1.807) is 12.3 Å². The van der Waals surface area contributed by atoms with E-state index in [2.05, 4.69) is 10.3 Å². The molecule has 1 aliphatic rings. The molecule has 0 spiro atoms. The smallest absolute Gasteiger partial charge is 0.150 e. The maximum atomic E-state index is 14.2. The van der Waals surface area contributed by atoms with E-state index in [-0.39, 0.29) is 11.9 Å². The fourth-order valence-corrected chi connectivity index (χ4v) is 3.82. The van der Waals surface area contributed by atoms with Crippen molar-refractivity contribution in [1.29, 1.82) is 0 Å². The Morgan fingerprint density at radius 3 is 2.90 bits per heavy atom. The van der Waals surface area contributed by atoms with Crippen LogP contribution in [0.15, 0.2) is 24.4 Å². The summed E-state index contributed by atoms with van der Waals surface area (Å²) in [6.07, 6.45) is 3.19. The number of halogens is 1. The number of fused-ring (bicyclic) bond motifs is 1. The number of nitrogens with two attached hydrogens (primary N) is 1. The average Bonchev–Trinajstić information content (AvgIpc) is 2.45. The molecule has 0 amide bonds. The highest BCUT2D eigenvalue weighted by atomic mass is 32.2. The van der Waals surface area contributed by atoms with Crippen molar-refractivity contribution >= 4 is 33.1 Å². The molecule has 0 atom stereocenters. The Labute approximate surface area is 119 Å². The second-order valence-electron chi connectivity index (χ2n) is 4.99. The molecule has 1 fully saturated rings. The number of rotatable bonds is 2. The molecular formula is C14H16FN3OS. The predicted molar refractivity (Wildman–Crippen MR) is 80.6 cm³/mol. The molecule has 1 aromatic carbocycles. The summed E-state index contributed by atoms with van der Waals surface area (Å²) in [4.78, 5) is 4.24. The Morgan fingerprint density at radius 1 is 1.40 bits per heavy atom. The van der Waals surface area contributed by atoms with E-state index in [1.165, 1.54) is 6.07 Å². The maximum absolute atomic E-state index is 14.2. The first-order valence-corrected chi connectivity index (χ1v) is 8.08. The summed E-state index contributed by atoms with van der Waals surface area (Å²) in [7, 11) is -0.724. The van der Waals surface area contributed by atoms with Gasteiger partial charge in [0.15, 0.2) is 5.82 Å². The van der Waals surface area contributed by atoms with Gasteiger partial charge in [-0.25, -0.2) is 4.39 Å². The van der Waals surface area contributed by atoms with Gasteiger partial charge in [0.2, 0.25) is 0 Å². The topological polar surface area (TPSA) is 68.0 Å². The van der Waals surface area contributed by atoms with Crippen molar-refractivity contribution in [3.63, 3.8) is 0 Å². The molecule has 2 aromatic rings. The lowest BCUT2D eigenvalue weighted by Crippen LogP contribution is -2.29. The highest BCUT2D eigenvalue weighted by molar-refractivity contribution is 7.85. The third-order valence-electron chi connectivity index (χ3n) is 3.61. The van der Waals surface area contributed by atoms with Crippen LogP contribution >= 0.6 is 0 Å². The zero-order chi connectivity index (χ0) is 14.1. The zero-order valence-electron chi connectivity index (χ0n) is 10.9. The molecule has 106 valence electrons. The van der Waals surface area contributed by atoms with E-state index in [4.69, 9.17) is 5.73 Å². The van der Waals surface area contributed by atoms with Gasteiger partial charge in [0.1, 0.15) is 0 Å². The van der Waals surface area contributed by atoms with Gasteiger partial charge in [0.25, 0.3) is 0 Å². The molecule has 0 saturated carbocycles. The van der Waals surface area contributed by atoms with Crippen LogP contribution in [0.3, 0.4) is 0 Å². The van der Waals surface area contributed by atoms with Gasteiger partial charge < -0.3 is 11.1 Å². The minimum absolute atomic E-state index is 0.135. The summed E-state index contributed by atoms with van der Waals surface area (Å²) in [6, 6.07) is 5.08. The number of pyridine rings is 1. The van der Waals surface area contributed by atoms with Crippen molar-refractivity contribution in [2.45, 2.75) is 18.9 Å². The highest BCUT2D eigenvalue weighted by Gasteiger charge is 2.20. The van der Waals surface area contributed by atoms with Crippen LogP contribution in [-0.4, -0.2) is 26.7 Å². The molecule has 0 aliphatic carbocycles. The van der Waals surface area contributed by atoms with E-state index in [1.807, 2.05) is 6.07 Å². The van der Waals surface area contributed by atoms with Gasteiger partial charge in [0.05, 0.1) is 11.2 Å². The van der Waals surface area contributed by atoms with Crippen LogP contribution in [0.5, 0.6) is 0 Å². The van der Waals surface area contributed by atoms with Gasteiger partial charge in [-0.15, -0.1) is 0 Å². The van der Waals surface area contributed by atoms with Crippen LogP contribution in [0.25, 0.3) is 10.9 Å². The number of benzene rings is 1. The lowest BCUT2D eigenvalue weighted by molar-refractivity contribution is 0.606. The van der Waals surface area contributed by atoms with Crippen LogP contribution in [0.2, 0.25) is 0 Å². The summed E-state index contributed by atoms with van der Waals surface area (Å²) >= 11 is 0. The number of hydrogen-bond donors (Lipinski definition) is 2. The summed E-state index contributed by atoms with van der Waals surface area (Å²) in [5.74, 6) is 0.944. The monoisotopic (exact) mass is 293 g/mol. The minimum atomic E-state index is -0.724. The SMILES string of the molecule is Nc1cc(F)c(NC2CCS(=O)CC2)c2ncccc12. The number of aromatic nitrogens is 1. The van der Waals surface area contributed by atoms with Crippen LogP contribution in [0.4, 0.5) is 15.8 Å². The molecule has 0 radical (unpaired) electrons. The Morgan fingerprint density at radius 2 is 2.15 bits per heavy atom. The Bertz CT molecular complexity index is 667. The molecule has 4 nitrogen and oxygen atoms in total. The molecular weight excluding hydrogens is 277 g/mol. The summed E-state index contributed by atoms with van der Waals surface area (Å²) in [5, 5.41) is 3.96. The third-order valence-corrected chi connectivity index (χ3v) is 5.00. The third kappa shape index (κ3) is 2.47. The van der Waals surface area contributed by atoms with Crippen molar-refractivity contribution < 1.29 is 8.60 Å². The Balaban J connectivity index is 1.96. The van der Waals surface area contributed by atoms with Gasteiger partial charge in [-0.05, 0) is 31.0 Å². The first-order chi connectivity index (χ1) is 9.65. The first kappa shape index (κ1) is 13.3. The highest BCUT2D eigenvalue weighted by Crippen LogP contribution is 2.31. The van der Waals surface area contributed by atoms with E-state index in [0.29, 0.717) is 28.4 Å². The standard InChI is InChI=1S/C14H16FN3OS/c15-11-8-12(16)10-2-1-5-17-13(10)14(11)18-9-3-6-20(19)7-4-9/h1-2,5,8-9,18H,3-4,6-7,16H2. The summed E-state index contributed by atoms with van der Waals surface area (Å²) in [6.45, 7) is 0. The van der Waals surface area contributed by atoms with Crippen molar-refractivity contribution in [3.8, 4) is 0 Å². The number of hydrogen-bond acceptors (Lipinski definition) is 4. The number of anilines is 2. The maximum Gasteiger partial charge on any atom is 0.150 e. The lowest BCUT2D eigenvalue weighted by atomic mass is 10.1. The molecule has 1 aliphatic heterocycles. The van der Waals surface area contributed by atoms with Crippen LogP contribution in [0.1, 0.15) is 12.8 Å². The minimum Gasteiger partial charge on any atom is -0.398 e. The number of nitrogens with zero attached hydrogens (tertiary/aromatic N) is 1. The van der Waals surface area contributed by atoms with Crippen molar-refractivity contribution in [3.05, 3.63) is 30.2 Å². The van der Waals surface area contributed by atoms with E-state index >= 15 is 0 Å². The Hall–Kier alpha value is -1.69. The second kappa shape index (κ2) is 5.36. The van der Waals surface area contributed by atoms with Crippen molar-refractivity contribution in [2.75, 3.05) is 22.6 Å². The predicted octanol–water partition coefficient (Wildman–Crippen LogP) is 2.28. The first-order valence-electron chi connectivity index (χ1n) is 6.59. The van der Waals surface area contributed by atoms with E-state index in [9.17, 15) is 8.60 Å². The molecule has 20 heavy (non-hydrogen) atoms. The van der Waals surface area contributed by atoms with E-state index in [0.717, 1.165) is 18.2 Å². The van der Waals surface area contributed by atoms with Crippen LogP contribution in [-0.2, 0) is 10.8 Å². The van der Waals surface area contributed by atoms with Gasteiger partial charge in [-0.3, -0.25) is 9.19 Å². The normalized spacial score (nSPS) is 22.9. The van der Waals surface area contributed by atoms with Crippen molar-refractivity contribution in [1.82, 2.24) is 4.98 Å². The number of nitrogens with one attached hydrogen (secondary N) is 1. The largest absolute Gasteiger partial charge is 0.398 e.